The maximum atomic E-state index is 12.0. The molecule has 0 fully saturated rings. The quantitative estimate of drug-likeness (QED) is 0.587. The average molecular weight is 265 g/mol. The number of hydrogen-bond acceptors (Lipinski definition) is 6. The third-order valence-corrected chi connectivity index (χ3v) is 2.61. The fraction of sp³-hybridized carbons (Fsp3) is 0.333. The normalized spacial score (nSPS) is 12.1. The Morgan fingerprint density at radius 1 is 1.58 bits per heavy atom. The molecule has 0 aliphatic carbocycles. The van der Waals surface area contributed by atoms with Crippen molar-refractivity contribution in [2.24, 2.45) is 7.05 Å². The maximum Gasteiger partial charge on any atom is 0.323 e. The van der Waals surface area contributed by atoms with Crippen molar-refractivity contribution >= 4 is 11.7 Å². The van der Waals surface area contributed by atoms with Gasteiger partial charge in [-0.25, -0.2) is 4.57 Å². The minimum atomic E-state index is -0.556. The van der Waals surface area contributed by atoms with Gasteiger partial charge in [-0.3, -0.25) is 4.79 Å². The van der Waals surface area contributed by atoms with Crippen LogP contribution in [-0.2, 0) is 7.05 Å². The molecular weight excluding hydrogens is 254 g/mol. The molecule has 2 rings (SSSR count). The lowest BCUT2D eigenvalue weighted by Gasteiger charge is -2.08. The van der Waals surface area contributed by atoms with Crippen LogP contribution in [0.4, 0.5) is 5.82 Å². The summed E-state index contributed by atoms with van der Waals surface area (Å²) in [6.45, 7) is 1.68. The van der Waals surface area contributed by atoms with Crippen LogP contribution >= 0.6 is 0 Å². The number of tetrazole rings is 1. The summed E-state index contributed by atoms with van der Waals surface area (Å²) in [7, 11) is 1.45. The predicted octanol–water partition coefficient (Wildman–Crippen LogP) is -0.0626. The molecule has 10 heteroatoms. The number of carbonyl (C=O) groups excluding carboxylic acids is 1. The van der Waals surface area contributed by atoms with E-state index in [0.717, 1.165) is 0 Å². The first kappa shape index (κ1) is 12.7. The molecule has 2 aromatic rings. The molecule has 1 atom stereocenters. The first-order chi connectivity index (χ1) is 9.00. The second-order valence-electron chi connectivity index (χ2n) is 3.86. The number of nitrogens with zero attached hydrogens (tertiary/aromatic N) is 5. The summed E-state index contributed by atoms with van der Waals surface area (Å²) < 4.78 is 1.21. The molecule has 0 aromatic carbocycles. The van der Waals surface area contributed by atoms with Gasteiger partial charge in [-0.15, -0.1) is 10.2 Å². The molecule has 10 nitrogen and oxygen atoms in total. The molecule has 0 saturated heterocycles. The zero-order valence-electron chi connectivity index (χ0n) is 10.2. The molecule has 2 aromatic heterocycles. The van der Waals surface area contributed by atoms with Gasteiger partial charge in [0.25, 0.3) is 5.91 Å². The number of rotatable bonds is 4. The highest BCUT2D eigenvalue weighted by atomic mass is 16.6. The van der Waals surface area contributed by atoms with E-state index in [9.17, 15) is 14.9 Å². The van der Waals surface area contributed by atoms with Gasteiger partial charge in [0.1, 0.15) is 0 Å². The number of hydrogen-bond donors (Lipinski definition) is 2. The molecule has 0 aliphatic heterocycles. The fourth-order valence-corrected chi connectivity index (χ4v) is 1.60. The van der Waals surface area contributed by atoms with E-state index < -0.39 is 16.9 Å². The number of amides is 1. The highest BCUT2D eigenvalue weighted by Gasteiger charge is 2.23. The van der Waals surface area contributed by atoms with Crippen LogP contribution in [0, 0.1) is 10.1 Å². The van der Waals surface area contributed by atoms with Crippen LogP contribution in [0.15, 0.2) is 12.1 Å². The molecule has 2 N–H and O–H groups in total. The van der Waals surface area contributed by atoms with Gasteiger partial charge in [0, 0.05) is 6.07 Å². The highest BCUT2D eigenvalue weighted by molar-refractivity contribution is 5.93. The van der Waals surface area contributed by atoms with Crippen LogP contribution in [0.5, 0.6) is 0 Å². The molecule has 0 radical (unpaired) electrons. The highest BCUT2D eigenvalue weighted by Crippen LogP contribution is 2.15. The number of aromatic nitrogens is 5. The van der Waals surface area contributed by atoms with E-state index in [0.29, 0.717) is 5.82 Å². The smallest absolute Gasteiger partial charge is 0.323 e. The summed E-state index contributed by atoms with van der Waals surface area (Å²) in [5.74, 6) is -0.276. The molecular formula is C9H11N7O3. The van der Waals surface area contributed by atoms with Gasteiger partial charge in [0.2, 0.25) is 0 Å². The van der Waals surface area contributed by atoms with Gasteiger partial charge in [-0.05, 0) is 17.9 Å². The Morgan fingerprint density at radius 2 is 2.32 bits per heavy atom. The Balaban J connectivity index is 2.14. The third-order valence-electron chi connectivity index (χ3n) is 2.61. The van der Waals surface area contributed by atoms with Crippen molar-refractivity contribution in [2.75, 3.05) is 0 Å². The predicted molar refractivity (Wildman–Crippen MR) is 62.1 cm³/mol. The van der Waals surface area contributed by atoms with Crippen LogP contribution in [0.25, 0.3) is 0 Å². The minimum Gasteiger partial charge on any atom is -0.358 e. The molecule has 0 bridgehead atoms. The fourth-order valence-electron chi connectivity index (χ4n) is 1.60. The van der Waals surface area contributed by atoms with Gasteiger partial charge >= 0.3 is 5.82 Å². The first-order valence-electron chi connectivity index (χ1n) is 5.35. The standard InChI is InChI=1S/C9H11N7O3/c1-5(8-11-13-14-12-8)10-9(17)6-3-4-7(15(6)2)16(18)19/h3-5H,1-2H3,(H,10,17)(H,11,12,13,14). The van der Waals surface area contributed by atoms with Gasteiger partial charge < -0.3 is 15.4 Å². The zero-order chi connectivity index (χ0) is 14.0. The average Bonchev–Trinajstić information content (AvgIpc) is 2.96. The molecule has 1 unspecified atom stereocenters. The summed E-state index contributed by atoms with van der Waals surface area (Å²) in [5.41, 5.74) is 0.182. The second-order valence-corrected chi connectivity index (χ2v) is 3.86. The van der Waals surface area contributed by atoms with Crippen LogP contribution in [0.3, 0.4) is 0 Å². The molecule has 2 heterocycles. The van der Waals surface area contributed by atoms with Gasteiger partial charge in [-0.1, -0.05) is 5.21 Å². The lowest BCUT2D eigenvalue weighted by Crippen LogP contribution is -2.29. The Morgan fingerprint density at radius 3 is 2.84 bits per heavy atom. The van der Waals surface area contributed by atoms with Crippen molar-refractivity contribution in [1.82, 2.24) is 30.5 Å². The lowest BCUT2D eigenvalue weighted by atomic mass is 10.3. The number of aromatic amines is 1. The van der Waals surface area contributed by atoms with Crippen LogP contribution in [0.2, 0.25) is 0 Å². The molecule has 19 heavy (non-hydrogen) atoms. The van der Waals surface area contributed by atoms with Crippen molar-refractivity contribution in [1.29, 1.82) is 0 Å². The van der Waals surface area contributed by atoms with Crippen LogP contribution in [0.1, 0.15) is 29.3 Å². The second kappa shape index (κ2) is 4.84. The Bertz CT molecular complexity index is 603. The van der Waals surface area contributed by atoms with Crippen molar-refractivity contribution < 1.29 is 9.72 Å². The van der Waals surface area contributed by atoms with E-state index in [1.807, 2.05) is 0 Å². The number of carbonyl (C=O) groups is 1. The van der Waals surface area contributed by atoms with E-state index in [4.69, 9.17) is 0 Å². The maximum absolute atomic E-state index is 12.0. The van der Waals surface area contributed by atoms with E-state index >= 15 is 0 Å². The van der Waals surface area contributed by atoms with E-state index in [1.54, 1.807) is 6.92 Å². The summed E-state index contributed by atoms with van der Waals surface area (Å²) in [6, 6.07) is 2.20. The number of nitro groups is 1. The van der Waals surface area contributed by atoms with Gasteiger partial charge in [0.05, 0.1) is 13.1 Å². The summed E-state index contributed by atoms with van der Waals surface area (Å²) >= 11 is 0. The van der Waals surface area contributed by atoms with Crippen molar-refractivity contribution in [3.63, 3.8) is 0 Å². The molecule has 0 aliphatic rings. The summed E-state index contributed by atoms with van der Waals surface area (Å²) in [4.78, 5) is 22.1. The van der Waals surface area contributed by atoms with Gasteiger partial charge in [0.15, 0.2) is 11.5 Å². The molecule has 100 valence electrons. The molecule has 0 saturated carbocycles. The topological polar surface area (TPSA) is 132 Å². The summed E-state index contributed by atoms with van der Waals surface area (Å²) in [6.07, 6.45) is 0. The van der Waals surface area contributed by atoms with E-state index in [-0.39, 0.29) is 11.5 Å². The van der Waals surface area contributed by atoms with E-state index in [1.165, 1.54) is 23.7 Å². The van der Waals surface area contributed by atoms with Crippen molar-refractivity contribution in [3.05, 3.63) is 33.8 Å². The SMILES string of the molecule is CC(NC(=O)c1ccc([N+](=O)[O-])n1C)c1nn[nH]n1. The molecule has 0 spiro atoms. The third kappa shape index (κ3) is 2.41. The first-order valence-corrected chi connectivity index (χ1v) is 5.35. The Kier molecular flexibility index (Phi) is 3.23. The van der Waals surface area contributed by atoms with Crippen LogP contribution in [-0.4, -0.2) is 36.0 Å². The minimum absolute atomic E-state index is 0.155. The summed E-state index contributed by atoms with van der Waals surface area (Å²) in [5, 5.41) is 26.5. The zero-order valence-corrected chi connectivity index (χ0v) is 10.2. The monoisotopic (exact) mass is 265 g/mol. The van der Waals surface area contributed by atoms with Crippen molar-refractivity contribution in [2.45, 2.75) is 13.0 Å². The number of H-pyrrole nitrogens is 1. The largest absolute Gasteiger partial charge is 0.358 e. The van der Waals surface area contributed by atoms with Crippen molar-refractivity contribution in [3.8, 4) is 0 Å². The number of nitrogens with one attached hydrogen (secondary N) is 2. The van der Waals surface area contributed by atoms with Gasteiger partial charge in [-0.2, -0.15) is 5.21 Å². The van der Waals surface area contributed by atoms with Crippen LogP contribution < -0.4 is 5.32 Å². The van der Waals surface area contributed by atoms with E-state index in [2.05, 4.69) is 25.9 Å². The Hall–Kier alpha value is -2.78. The lowest BCUT2D eigenvalue weighted by molar-refractivity contribution is -0.391. The molecule has 1 amide bonds. The Labute approximate surface area is 107 Å².